The second-order valence-corrected chi connectivity index (χ2v) is 7.87. The number of rotatable bonds is 4. The highest BCUT2D eigenvalue weighted by atomic mass is 32.2. The maximum Gasteiger partial charge on any atom is 0.246 e. The molecule has 2 aromatic rings. The van der Waals surface area contributed by atoms with Gasteiger partial charge in [0.05, 0.1) is 13.2 Å². The summed E-state index contributed by atoms with van der Waals surface area (Å²) in [5, 5.41) is 3.21. The Morgan fingerprint density at radius 1 is 1.24 bits per heavy atom. The number of nitrogens with zero attached hydrogens (tertiary/aromatic N) is 1. The molecule has 7 heteroatoms. The Morgan fingerprint density at radius 2 is 2.00 bits per heavy atom. The summed E-state index contributed by atoms with van der Waals surface area (Å²) in [6.45, 7) is 2.96. The number of sulfonamides is 1. The van der Waals surface area contributed by atoms with E-state index in [4.69, 9.17) is 4.74 Å². The van der Waals surface area contributed by atoms with Crippen LogP contribution < -0.4 is 10.1 Å². The average Bonchev–Trinajstić information content (AvgIpc) is 2.63. The SMILES string of the molecule is COc1ccccc1C1CNCCN1S(=O)(=O)c1cc(C)ccc1F. The summed E-state index contributed by atoms with van der Waals surface area (Å²) >= 11 is 0. The van der Waals surface area contributed by atoms with E-state index >= 15 is 0 Å². The first-order valence-electron chi connectivity index (χ1n) is 8.07. The van der Waals surface area contributed by atoms with Gasteiger partial charge in [0.15, 0.2) is 0 Å². The molecule has 1 heterocycles. The third-order valence-electron chi connectivity index (χ3n) is 4.37. The van der Waals surface area contributed by atoms with Crippen molar-refractivity contribution < 1.29 is 17.5 Å². The summed E-state index contributed by atoms with van der Waals surface area (Å²) in [5.41, 5.74) is 1.46. The molecule has 1 saturated heterocycles. The molecule has 3 rings (SSSR count). The number of ether oxygens (including phenoxy) is 1. The van der Waals surface area contributed by atoms with Gasteiger partial charge in [-0.15, -0.1) is 0 Å². The van der Waals surface area contributed by atoms with Gasteiger partial charge in [-0.05, 0) is 30.7 Å². The first kappa shape index (κ1) is 17.8. The van der Waals surface area contributed by atoms with Crippen LogP contribution in [0, 0.1) is 12.7 Å². The highest BCUT2D eigenvalue weighted by Crippen LogP contribution is 2.34. The zero-order valence-corrected chi connectivity index (χ0v) is 15.0. The molecule has 0 aliphatic carbocycles. The van der Waals surface area contributed by atoms with Crippen LogP contribution in [0.5, 0.6) is 5.75 Å². The molecule has 1 aliphatic rings. The molecule has 1 fully saturated rings. The Morgan fingerprint density at radius 3 is 2.76 bits per heavy atom. The molecule has 25 heavy (non-hydrogen) atoms. The van der Waals surface area contributed by atoms with Crippen LogP contribution in [0.3, 0.4) is 0 Å². The van der Waals surface area contributed by atoms with Gasteiger partial charge in [0.25, 0.3) is 0 Å². The van der Waals surface area contributed by atoms with E-state index in [1.165, 1.54) is 16.4 Å². The van der Waals surface area contributed by atoms with Gasteiger partial charge >= 0.3 is 0 Å². The molecule has 1 atom stereocenters. The van der Waals surface area contributed by atoms with Crippen molar-refractivity contribution in [3.8, 4) is 5.75 Å². The van der Waals surface area contributed by atoms with E-state index in [1.54, 1.807) is 26.2 Å². The fourth-order valence-corrected chi connectivity index (χ4v) is 4.87. The minimum atomic E-state index is -3.97. The van der Waals surface area contributed by atoms with Crippen molar-refractivity contribution in [2.24, 2.45) is 0 Å². The Labute approximate surface area is 147 Å². The van der Waals surface area contributed by atoms with Crippen LogP contribution in [-0.4, -0.2) is 39.5 Å². The molecule has 5 nitrogen and oxygen atoms in total. The summed E-state index contributed by atoms with van der Waals surface area (Å²) in [6, 6.07) is 11.0. The summed E-state index contributed by atoms with van der Waals surface area (Å²) in [4.78, 5) is -0.283. The molecule has 1 aliphatic heterocycles. The third-order valence-corrected chi connectivity index (χ3v) is 6.29. The normalized spacial score (nSPS) is 18.9. The van der Waals surface area contributed by atoms with Gasteiger partial charge in [-0.2, -0.15) is 4.31 Å². The van der Waals surface area contributed by atoms with Gasteiger partial charge in [0, 0.05) is 25.2 Å². The monoisotopic (exact) mass is 364 g/mol. The minimum Gasteiger partial charge on any atom is -0.496 e. The lowest BCUT2D eigenvalue weighted by Gasteiger charge is -2.36. The second kappa shape index (κ2) is 7.11. The lowest BCUT2D eigenvalue weighted by molar-refractivity contribution is 0.264. The first-order valence-corrected chi connectivity index (χ1v) is 9.51. The summed E-state index contributed by atoms with van der Waals surface area (Å²) in [5.74, 6) is -0.121. The zero-order chi connectivity index (χ0) is 18.0. The number of hydrogen-bond donors (Lipinski definition) is 1. The molecule has 134 valence electrons. The number of hydrogen-bond acceptors (Lipinski definition) is 4. The average molecular weight is 364 g/mol. The predicted molar refractivity (Wildman–Crippen MR) is 93.6 cm³/mol. The third kappa shape index (κ3) is 3.40. The molecule has 0 bridgehead atoms. The number of aryl methyl sites for hydroxylation is 1. The van der Waals surface area contributed by atoms with Crippen molar-refractivity contribution in [2.75, 3.05) is 26.7 Å². The summed E-state index contributed by atoms with van der Waals surface area (Å²) in [7, 11) is -2.42. The van der Waals surface area contributed by atoms with Crippen molar-refractivity contribution in [3.63, 3.8) is 0 Å². The maximum atomic E-state index is 14.2. The van der Waals surface area contributed by atoms with Crippen molar-refractivity contribution >= 4 is 10.0 Å². The molecule has 0 radical (unpaired) electrons. The number of halogens is 1. The van der Waals surface area contributed by atoms with Crippen LogP contribution in [0.4, 0.5) is 4.39 Å². The summed E-state index contributed by atoms with van der Waals surface area (Å²) in [6.07, 6.45) is 0. The zero-order valence-electron chi connectivity index (χ0n) is 14.2. The van der Waals surface area contributed by atoms with Gasteiger partial charge in [0.1, 0.15) is 16.5 Å². The molecule has 0 amide bonds. The van der Waals surface area contributed by atoms with Crippen LogP contribution in [0.1, 0.15) is 17.2 Å². The van der Waals surface area contributed by atoms with E-state index in [0.29, 0.717) is 24.4 Å². The van der Waals surface area contributed by atoms with E-state index < -0.39 is 21.9 Å². The Hall–Kier alpha value is -1.96. The Balaban J connectivity index is 2.08. The number of piperazine rings is 1. The topological polar surface area (TPSA) is 58.6 Å². The van der Waals surface area contributed by atoms with E-state index in [2.05, 4.69) is 5.32 Å². The lowest BCUT2D eigenvalue weighted by Crippen LogP contribution is -2.48. The number of para-hydroxylation sites is 1. The maximum absolute atomic E-state index is 14.2. The molecule has 2 aromatic carbocycles. The van der Waals surface area contributed by atoms with Gasteiger partial charge in [-0.3, -0.25) is 0 Å². The molecule has 1 unspecified atom stereocenters. The number of methoxy groups -OCH3 is 1. The smallest absolute Gasteiger partial charge is 0.246 e. The van der Waals surface area contributed by atoms with Crippen molar-refractivity contribution in [2.45, 2.75) is 17.9 Å². The van der Waals surface area contributed by atoms with E-state index in [-0.39, 0.29) is 11.4 Å². The van der Waals surface area contributed by atoms with Crippen molar-refractivity contribution in [3.05, 3.63) is 59.4 Å². The quantitative estimate of drug-likeness (QED) is 0.906. The van der Waals surface area contributed by atoms with Crippen LogP contribution in [0.25, 0.3) is 0 Å². The highest BCUT2D eigenvalue weighted by molar-refractivity contribution is 7.89. The minimum absolute atomic E-state index is 0.262. The Bertz CT molecular complexity index is 870. The van der Waals surface area contributed by atoms with Gasteiger partial charge < -0.3 is 10.1 Å². The van der Waals surface area contributed by atoms with Crippen LogP contribution >= 0.6 is 0 Å². The van der Waals surface area contributed by atoms with Crippen LogP contribution in [0.2, 0.25) is 0 Å². The number of benzene rings is 2. The van der Waals surface area contributed by atoms with Gasteiger partial charge in [0.2, 0.25) is 10.0 Å². The van der Waals surface area contributed by atoms with Crippen molar-refractivity contribution in [1.82, 2.24) is 9.62 Å². The second-order valence-electron chi connectivity index (χ2n) is 6.01. The molecule has 1 N–H and O–H groups in total. The van der Waals surface area contributed by atoms with Crippen LogP contribution in [0.15, 0.2) is 47.4 Å². The fraction of sp³-hybridized carbons (Fsp3) is 0.333. The molecule has 0 aromatic heterocycles. The largest absolute Gasteiger partial charge is 0.496 e. The predicted octanol–water partition coefficient (Wildman–Crippen LogP) is 2.48. The van der Waals surface area contributed by atoms with Crippen molar-refractivity contribution in [1.29, 1.82) is 0 Å². The lowest BCUT2D eigenvalue weighted by atomic mass is 10.0. The van der Waals surface area contributed by atoms with E-state index in [9.17, 15) is 12.8 Å². The molecule has 0 spiro atoms. The Kier molecular flexibility index (Phi) is 5.08. The number of nitrogens with one attached hydrogen (secondary N) is 1. The van der Waals surface area contributed by atoms with Gasteiger partial charge in [-0.1, -0.05) is 24.3 Å². The first-order chi connectivity index (χ1) is 11.9. The fourth-order valence-electron chi connectivity index (χ4n) is 3.11. The van der Waals surface area contributed by atoms with Crippen LogP contribution in [-0.2, 0) is 10.0 Å². The molecular formula is C18H21FN2O3S. The van der Waals surface area contributed by atoms with E-state index in [1.807, 2.05) is 18.2 Å². The molecular weight excluding hydrogens is 343 g/mol. The summed E-state index contributed by atoms with van der Waals surface area (Å²) < 4.78 is 47.3. The van der Waals surface area contributed by atoms with E-state index in [0.717, 1.165) is 5.56 Å². The van der Waals surface area contributed by atoms with Gasteiger partial charge in [-0.25, -0.2) is 12.8 Å². The molecule has 0 saturated carbocycles. The highest BCUT2D eigenvalue weighted by Gasteiger charge is 2.37. The standard InChI is InChI=1S/C18H21FN2O3S/c1-13-7-8-15(19)18(11-13)25(22,23)21-10-9-20-12-16(21)14-5-3-4-6-17(14)24-2/h3-8,11,16,20H,9-10,12H2,1-2H3.